The number of carbonyl (C=O) groups excluding carboxylic acids is 1. The lowest BCUT2D eigenvalue weighted by Crippen LogP contribution is -2.59. The summed E-state index contributed by atoms with van der Waals surface area (Å²) in [7, 11) is 1.59. The first-order chi connectivity index (χ1) is 15.5. The van der Waals surface area contributed by atoms with Crippen molar-refractivity contribution in [2.24, 2.45) is 0 Å². The van der Waals surface area contributed by atoms with E-state index < -0.39 is 36.5 Å². The quantitative estimate of drug-likeness (QED) is 0.225. The third kappa shape index (κ3) is 5.46. The van der Waals surface area contributed by atoms with Crippen LogP contribution in [-0.4, -0.2) is 65.7 Å². The Morgan fingerprint density at radius 3 is 2.41 bits per heavy atom. The first-order valence-electron chi connectivity index (χ1n) is 10.1. The van der Waals surface area contributed by atoms with E-state index in [2.05, 4.69) is 0 Å². The van der Waals surface area contributed by atoms with Crippen molar-refractivity contribution >= 4 is 5.94 Å². The summed E-state index contributed by atoms with van der Waals surface area (Å²) in [5, 5.41) is 30.9. The second-order valence-corrected chi connectivity index (χ2v) is 7.10. The summed E-state index contributed by atoms with van der Waals surface area (Å²) < 4.78 is 16.6. The minimum atomic E-state index is -1.67. The minimum Gasteiger partial charge on any atom is -0.497 e. The first kappa shape index (κ1) is 23.7. The molecule has 0 unspecified atom stereocenters. The van der Waals surface area contributed by atoms with Gasteiger partial charge in [-0.2, -0.15) is 4.89 Å². The highest BCUT2D eigenvalue weighted by Crippen LogP contribution is 2.30. The molecule has 0 aliphatic carbocycles. The standard InChI is InChI=1S/C23H26O9/c1-3-29-32-18(13-24)22-20(26)19(25)21(27)23(31-22)30-17-7-5-4-6-15(17)12-14-8-10-16(28-2)11-9-14/h4-11,19-23,25-27H,3,12H2,1-2H3/t19-,20-,21+,22+,23+/m0/s1. The molecule has 0 radical (unpaired) electrons. The Bertz CT molecular complexity index is 923. The number of hydrogen-bond acceptors (Lipinski definition) is 9. The van der Waals surface area contributed by atoms with Crippen molar-refractivity contribution in [2.75, 3.05) is 13.7 Å². The summed E-state index contributed by atoms with van der Waals surface area (Å²) in [6.45, 7) is 1.75. The van der Waals surface area contributed by atoms with E-state index in [4.69, 9.17) is 24.0 Å². The average Bonchev–Trinajstić information content (AvgIpc) is 2.82. The molecule has 0 aromatic heterocycles. The first-order valence-corrected chi connectivity index (χ1v) is 10.1. The number of aliphatic hydroxyl groups is 3. The highest BCUT2D eigenvalue weighted by atomic mass is 17.2. The van der Waals surface area contributed by atoms with Gasteiger partial charge in [0.2, 0.25) is 6.29 Å². The number of ether oxygens (including phenoxy) is 3. The third-order valence-corrected chi connectivity index (χ3v) is 4.96. The number of methoxy groups -OCH3 is 1. The van der Waals surface area contributed by atoms with Crippen molar-refractivity contribution < 1.29 is 44.1 Å². The summed E-state index contributed by atoms with van der Waals surface area (Å²) in [6.07, 6.45) is -7.24. The van der Waals surface area contributed by atoms with Crippen LogP contribution in [0.3, 0.4) is 0 Å². The van der Waals surface area contributed by atoms with Gasteiger partial charge in [0.25, 0.3) is 5.76 Å². The van der Waals surface area contributed by atoms with Gasteiger partial charge < -0.3 is 34.4 Å². The number of rotatable bonds is 9. The van der Waals surface area contributed by atoms with E-state index in [1.165, 1.54) is 5.94 Å². The van der Waals surface area contributed by atoms with Gasteiger partial charge in [-0.3, -0.25) is 0 Å². The van der Waals surface area contributed by atoms with Crippen molar-refractivity contribution in [2.45, 2.75) is 44.1 Å². The molecule has 3 N–H and O–H groups in total. The molecule has 0 amide bonds. The smallest absolute Gasteiger partial charge is 0.256 e. The Morgan fingerprint density at radius 2 is 1.75 bits per heavy atom. The highest BCUT2D eigenvalue weighted by Gasteiger charge is 2.48. The molecular formula is C23H26O9. The molecule has 1 saturated heterocycles. The zero-order valence-electron chi connectivity index (χ0n) is 17.7. The van der Waals surface area contributed by atoms with Crippen LogP contribution in [0, 0.1) is 0 Å². The van der Waals surface area contributed by atoms with Crippen LogP contribution in [0.5, 0.6) is 11.5 Å². The monoisotopic (exact) mass is 446 g/mol. The predicted molar refractivity (Wildman–Crippen MR) is 111 cm³/mol. The van der Waals surface area contributed by atoms with Crippen LogP contribution in [-0.2, 0) is 25.7 Å². The van der Waals surface area contributed by atoms with E-state index in [1.807, 2.05) is 36.4 Å². The SMILES string of the molecule is CCOOC(=C=O)[C@H]1O[C@@H](Oc2ccccc2Cc2ccc(OC)cc2)[C@H](O)[C@@H](O)[C@@H]1O. The molecule has 32 heavy (non-hydrogen) atoms. The van der Waals surface area contributed by atoms with Gasteiger partial charge in [-0.15, -0.1) is 0 Å². The van der Waals surface area contributed by atoms with E-state index in [9.17, 15) is 20.1 Å². The zero-order valence-corrected chi connectivity index (χ0v) is 17.7. The maximum atomic E-state index is 11.3. The van der Waals surface area contributed by atoms with Crippen LogP contribution in [0.1, 0.15) is 18.1 Å². The highest BCUT2D eigenvalue weighted by molar-refractivity contribution is 5.51. The number of hydrogen-bond donors (Lipinski definition) is 3. The summed E-state index contributed by atoms with van der Waals surface area (Å²) in [6, 6.07) is 14.7. The molecule has 5 atom stereocenters. The Balaban J connectivity index is 1.79. The summed E-state index contributed by atoms with van der Waals surface area (Å²) in [4.78, 5) is 20.8. The molecule has 3 rings (SSSR count). The molecular weight excluding hydrogens is 420 g/mol. The molecule has 9 nitrogen and oxygen atoms in total. The Hall–Kier alpha value is -2.91. The van der Waals surface area contributed by atoms with E-state index in [0.29, 0.717) is 12.2 Å². The van der Waals surface area contributed by atoms with Crippen molar-refractivity contribution in [3.8, 4) is 11.5 Å². The lowest BCUT2D eigenvalue weighted by molar-refractivity contribution is -0.307. The molecule has 1 aliphatic rings. The molecule has 0 spiro atoms. The van der Waals surface area contributed by atoms with E-state index in [1.54, 1.807) is 26.2 Å². The molecule has 1 heterocycles. The topological polar surface area (TPSA) is 124 Å². The Morgan fingerprint density at radius 1 is 1.03 bits per heavy atom. The second-order valence-electron chi connectivity index (χ2n) is 7.10. The van der Waals surface area contributed by atoms with E-state index in [-0.39, 0.29) is 6.61 Å². The fourth-order valence-electron chi connectivity index (χ4n) is 3.26. The van der Waals surface area contributed by atoms with Gasteiger partial charge in [0.05, 0.1) is 13.7 Å². The molecule has 1 fully saturated rings. The average molecular weight is 446 g/mol. The van der Waals surface area contributed by atoms with Gasteiger partial charge in [-0.05, 0) is 36.2 Å². The maximum Gasteiger partial charge on any atom is 0.256 e. The maximum absolute atomic E-state index is 11.3. The largest absolute Gasteiger partial charge is 0.497 e. The summed E-state index contributed by atoms with van der Waals surface area (Å²) in [5.41, 5.74) is 1.79. The van der Waals surface area contributed by atoms with Crippen LogP contribution in [0.15, 0.2) is 54.3 Å². The van der Waals surface area contributed by atoms with Crippen LogP contribution < -0.4 is 9.47 Å². The summed E-state index contributed by atoms with van der Waals surface area (Å²) >= 11 is 0. The van der Waals surface area contributed by atoms with Crippen molar-refractivity contribution in [1.82, 2.24) is 0 Å². The normalized spacial score (nSPS) is 25.0. The lowest BCUT2D eigenvalue weighted by atomic mass is 9.98. The molecule has 2 aromatic rings. The van der Waals surface area contributed by atoms with E-state index >= 15 is 0 Å². The minimum absolute atomic E-state index is 0.123. The van der Waals surface area contributed by atoms with Crippen molar-refractivity contribution in [3.05, 3.63) is 65.4 Å². The number of para-hydroxylation sites is 1. The fraction of sp³-hybridized carbons (Fsp3) is 0.391. The van der Waals surface area contributed by atoms with Crippen molar-refractivity contribution in [1.29, 1.82) is 0 Å². The predicted octanol–water partition coefficient (Wildman–Crippen LogP) is 1.16. The van der Waals surface area contributed by atoms with Gasteiger partial charge in [0.1, 0.15) is 29.8 Å². The Labute approximate surface area is 185 Å². The number of benzene rings is 2. The molecule has 172 valence electrons. The van der Waals surface area contributed by atoms with Gasteiger partial charge in [-0.1, -0.05) is 30.3 Å². The van der Waals surface area contributed by atoms with E-state index in [0.717, 1.165) is 16.9 Å². The van der Waals surface area contributed by atoms with Crippen LogP contribution in [0.25, 0.3) is 0 Å². The molecule has 1 aliphatic heterocycles. The fourth-order valence-corrected chi connectivity index (χ4v) is 3.26. The van der Waals surface area contributed by atoms with Gasteiger partial charge in [-0.25, -0.2) is 4.79 Å². The molecule has 0 saturated carbocycles. The molecule has 0 bridgehead atoms. The Kier molecular flexibility index (Phi) is 8.24. The molecule has 2 aromatic carbocycles. The van der Waals surface area contributed by atoms with Gasteiger partial charge in [0, 0.05) is 6.42 Å². The van der Waals surface area contributed by atoms with Crippen LogP contribution in [0.4, 0.5) is 0 Å². The lowest BCUT2D eigenvalue weighted by Gasteiger charge is -2.39. The summed E-state index contributed by atoms with van der Waals surface area (Å²) in [5.74, 6) is 2.12. The van der Waals surface area contributed by atoms with Crippen LogP contribution >= 0.6 is 0 Å². The zero-order chi connectivity index (χ0) is 23.1. The van der Waals surface area contributed by atoms with Crippen molar-refractivity contribution in [3.63, 3.8) is 0 Å². The van der Waals surface area contributed by atoms with Gasteiger partial charge >= 0.3 is 0 Å². The number of aliphatic hydroxyl groups excluding tert-OH is 3. The molecule has 9 heteroatoms. The third-order valence-electron chi connectivity index (χ3n) is 4.96. The van der Waals surface area contributed by atoms with Crippen LogP contribution in [0.2, 0.25) is 0 Å². The van der Waals surface area contributed by atoms with Gasteiger partial charge in [0.15, 0.2) is 12.0 Å². The second kappa shape index (κ2) is 11.1.